The van der Waals surface area contributed by atoms with Gasteiger partial charge in [-0.25, -0.2) is 4.98 Å². The minimum Gasteiger partial charge on any atom is -0.481 e. The molecule has 2 rings (SSSR count). The molecular weight excluding hydrogens is 214 g/mol. The van der Waals surface area contributed by atoms with Crippen LogP contribution in [0.5, 0.6) is 5.88 Å². The van der Waals surface area contributed by atoms with E-state index in [9.17, 15) is 0 Å². The van der Waals surface area contributed by atoms with Gasteiger partial charge in [-0.1, -0.05) is 12.1 Å². The molecule has 0 spiro atoms. The summed E-state index contributed by atoms with van der Waals surface area (Å²) in [7, 11) is 1.61. The molecule has 0 atom stereocenters. The van der Waals surface area contributed by atoms with Crippen molar-refractivity contribution in [2.75, 3.05) is 7.11 Å². The number of aromatic nitrogens is 2. The van der Waals surface area contributed by atoms with Gasteiger partial charge in [0, 0.05) is 31.5 Å². The summed E-state index contributed by atoms with van der Waals surface area (Å²) in [5.74, 6) is 0.637. The van der Waals surface area contributed by atoms with Crippen LogP contribution < -0.4 is 10.1 Å². The molecule has 0 aromatic carbocycles. The first kappa shape index (κ1) is 11.5. The molecule has 0 saturated carbocycles. The van der Waals surface area contributed by atoms with Gasteiger partial charge in [-0.15, -0.1) is 0 Å². The van der Waals surface area contributed by atoms with Crippen LogP contribution in [0.15, 0.2) is 42.7 Å². The largest absolute Gasteiger partial charge is 0.481 e. The molecule has 17 heavy (non-hydrogen) atoms. The molecule has 0 aliphatic heterocycles. The smallest absolute Gasteiger partial charge is 0.212 e. The third-order valence-electron chi connectivity index (χ3n) is 2.37. The predicted molar refractivity (Wildman–Crippen MR) is 65.6 cm³/mol. The summed E-state index contributed by atoms with van der Waals surface area (Å²) in [4.78, 5) is 8.38. The van der Waals surface area contributed by atoms with Gasteiger partial charge in [-0.05, 0) is 17.7 Å². The number of hydrogen-bond acceptors (Lipinski definition) is 4. The molecule has 1 N–H and O–H groups in total. The summed E-state index contributed by atoms with van der Waals surface area (Å²) < 4.78 is 5.00. The Morgan fingerprint density at radius 1 is 1.12 bits per heavy atom. The molecule has 0 radical (unpaired) electrons. The average Bonchev–Trinajstić information content (AvgIpc) is 2.41. The molecule has 0 saturated heterocycles. The van der Waals surface area contributed by atoms with Crippen molar-refractivity contribution in [3.63, 3.8) is 0 Å². The standard InChI is InChI=1S/C13H15N3O/c1-17-13-6-5-11(9-16-13)8-14-10-12-4-2-3-7-15-12/h2-7,9,14H,8,10H2,1H3. The Morgan fingerprint density at radius 3 is 2.71 bits per heavy atom. The molecule has 2 aromatic heterocycles. The summed E-state index contributed by atoms with van der Waals surface area (Å²) in [6.07, 6.45) is 3.61. The highest BCUT2D eigenvalue weighted by Crippen LogP contribution is 2.06. The summed E-state index contributed by atoms with van der Waals surface area (Å²) >= 11 is 0. The van der Waals surface area contributed by atoms with Crippen molar-refractivity contribution < 1.29 is 4.74 Å². The number of rotatable bonds is 5. The molecule has 0 aliphatic carbocycles. The lowest BCUT2D eigenvalue weighted by Crippen LogP contribution is -2.13. The van der Waals surface area contributed by atoms with Crippen LogP contribution in [0.2, 0.25) is 0 Å². The predicted octanol–water partition coefficient (Wildman–Crippen LogP) is 1.77. The van der Waals surface area contributed by atoms with Gasteiger partial charge in [-0.2, -0.15) is 0 Å². The maximum Gasteiger partial charge on any atom is 0.212 e. The van der Waals surface area contributed by atoms with Crippen LogP contribution >= 0.6 is 0 Å². The van der Waals surface area contributed by atoms with Gasteiger partial charge >= 0.3 is 0 Å². The maximum absolute atomic E-state index is 5.00. The lowest BCUT2D eigenvalue weighted by atomic mass is 10.3. The first-order chi connectivity index (χ1) is 8.38. The van der Waals surface area contributed by atoms with Crippen LogP contribution in [-0.4, -0.2) is 17.1 Å². The van der Waals surface area contributed by atoms with Crippen molar-refractivity contribution in [2.24, 2.45) is 0 Å². The van der Waals surface area contributed by atoms with Crippen molar-refractivity contribution in [1.82, 2.24) is 15.3 Å². The molecule has 2 heterocycles. The summed E-state index contributed by atoms with van der Waals surface area (Å²) in [6, 6.07) is 9.75. The van der Waals surface area contributed by atoms with Crippen LogP contribution in [0, 0.1) is 0 Å². The minimum atomic E-state index is 0.637. The van der Waals surface area contributed by atoms with Crippen LogP contribution in [-0.2, 0) is 13.1 Å². The Balaban J connectivity index is 1.82. The van der Waals surface area contributed by atoms with Crippen molar-refractivity contribution >= 4 is 0 Å². The molecule has 4 nitrogen and oxygen atoms in total. The van der Waals surface area contributed by atoms with E-state index < -0.39 is 0 Å². The second-order valence-electron chi connectivity index (χ2n) is 3.63. The van der Waals surface area contributed by atoms with Gasteiger partial charge in [0.2, 0.25) is 5.88 Å². The van der Waals surface area contributed by atoms with Crippen LogP contribution in [0.25, 0.3) is 0 Å². The van der Waals surface area contributed by atoms with Gasteiger partial charge in [0.15, 0.2) is 0 Å². The van der Waals surface area contributed by atoms with Crippen LogP contribution in [0.3, 0.4) is 0 Å². The summed E-state index contributed by atoms with van der Waals surface area (Å²) in [5, 5.41) is 3.31. The van der Waals surface area contributed by atoms with Crippen molar-refractivity contribution in [1.29, 1.82) is 0 Å². The first-order valence-electron chi connectivity index (χ1n) is 5.48. The fraction of sp³-hybridized carbons (Fsp3) is 0.231. The molecule has 88 valence electrons. The number of nitrogens with zero attached hydrogens (tertiary/aromatic N) is 2. The van der Waals surface area contributed by atoms with Crippen LogP contribution in [0.1, 0.15) is 11.3 Å². The molecule has 0 unspecified atom stereocenters. The Hall–Kier alpha value is -1.94. The van der Waals surface area contributed by atoms with E-state index in [1.165, 1.54) is 0 Å². The lowest BCUT2D eigenvalue weighted by molar-refractivity contribution is 0.397. The van der Waals surface area contributed by atoms with E-state index in [4.69, 9.17) is 4.74 Å². The molecule has 4 heteroatoms. The Kier molecular flexibility index (Phi) is 4.05. The SMILES string of the molecule is COc1ccc(CNCc2ccccn2)cn1. The topological polar surface area (TPSA) is 47.0 Å². The van der Waals surface area contributed by atoms with Crippen molar-refractivity contribution in [2.45, 2.75) is 13.1 Å². The van der Waals surface area contributed by atoms with E-state index in [0.717, 1.165) is 24.3 Å². The number of ether oxygens (including phenoxy) is 1. The van der Waals surface area contributed by atoms with Gasteiger partial charge in [-0.3, -0.25) is 4.98 Å². The molecule has 0 bridgehead atoms. The van der Waals surface area contributed by atoms with E-state index in [0.29, 0.717) is 5.88 Å². The van der Waals surface area contributed by atoms with Gasteiger partial charge in [0.05, 0.1) is 12.8 Å². The number of hydrogen-bond donors (Lipinski definition) is 1. The molecule has 2 aromatic rings. The fourth-order valence-corrected chi connectivity index (χ4v) is 1.47. The zero-order valence-electron chi connectivity index (χ0n) is 9.76. The van der Waals surface area contributed by atoms with E-state index in [1.54, 1.807) is 13.3 Å². The average molecular weight is 229 g/mol. The highest BCUT2D eigenvalue weighted by Gasteiger charge is 1.96. The Bertz CT molecular complexity index is 442. The highest BCUT2D eigenvalue weighted by atomic mass is 16.5. The monoisotopic (exact) mass is 229 g/mol. The summed E-state index contributed by atoms with van der Waals surface area (Å²) in [5.41, 5.74) is 2.16. The molecular formula is C13H15N3O. The van der Waals surface area contributed by atoms with Crippen LogP contribution in [0.4, 0.5) is 0 Å². The number of pyridine rings is 2. The van der Waals surface area contributed by atoms with Crippen molar-refractivity contribution in [3.05, 3.63) is 54.0 Å². The quantitative estimate of drug-likeness (QED) is 0.849. The second-order valence-corrected chi connectivity index (χ2v) is 3.63. The minimum absolute atomic E-state index is 0.637. The van der Waals surface area contributed by atoms with Gasteiger partial charge in [0.25, 0.3) is 0 Å². The summed E-state index contributed by atoms with van der Waals surface area (Å²) in [6.45, 7) is 1.53. The second kappa shape index (κ2) is 5.96. The molecule has 0 amide bonds. The van der Waals surface area contributed by atoms with Gasteiger partial charge < -0.3 is 10.1 Å². The number of nitrogens with one attached hydrogen (secondary N) is 1. The first-order valence-corrected chi connectivity index (χ1v) is 5.48. The zero-order chi connectivity index (χ0) is 11.9. The van der Waals surface area contributed by atoms with Gasteiger partial charge in [0.1, 0.15) is 0 Å². The number of methoxy groups -OCH3 is 1. The highest BCUT2D eigenvalue weighted by molar-refractivity contribution is 5.17. The van der Waals surface area contributed by atoms with E-state index in [2.05, 4.69) is 15.3 Å². The normalized spacial score (nSPS) is 10.2. The Morgan fingerprint density at radius 2 is 2.06 bits per heavy atom. The third kappa shape index (κ3) is 3.53. The van der Waals surface area contributed by atoms with E-state index >= 15 is 0 Å². The molecule has 0 aliphatic rings. The van der Waals surface area contributed by atoms with E-state index in [1.807, 2.05) is 36.5 Å². The van der Waals surface area contributed by atoms with E-state index in [-0.39, 0.29) is 0 Å². The maximum atomic E-state index is 5.00. The fourth-order valence-electron chi connectivity index (χ4n) is 1.47. The Labute approximate surface area is 101 Å². The van der Waals surface area contributed by atoms with Crippen molar-refractivity contribution in [3.8, 4) is 5.88 Å². The lowest BCUT2D eigenvalue weighted by Gasteiger charge is -2.04. The molecule has 0 fully saturated rings. The zero-order valence-corrected chi connectivity index (χ0v) is 9.76. The third-order valence-corrected chi connectivity index (χ3v) is 2.37.